The molecule has 106 valence electrons. The van der Waals surface area contributed by atoms with E-state index in [-0.39, 0.29) is 0 Å². The van der Waals surface area contributed by atoms with Gasteiger partial charge in [-0.1, -0.05) is 60.6 Å². The number of thioether (sulfide) groups is 1. The van der Waals surface area contributed by atoms with E-state index in [9.17, 15) is 0 Å². The van der Waals surface area contributed by atoms with Gasteiger partial charge < -0.3 is 0 Å². The number of nitrogens with zero attached hydrogens (tertiary/aromatic N) is 3. The third-order valence-electron chi connectivity index (χ3n) is 3.04. The molecule has 0 N–H and O–H groups in total. The Balaban J connectivity index is 2.21. The number of hydrogen-bond acceptors (Lipinski definition) is 3. The lowest BCUT2D eigenvalue weighted by Gasteiger charge is -2.10. The maximum Gasteiger partial charge on any atom is 0.196 e. The fourth-order valence-electron chi connectivity index (χ4n) is 2.12. The predicted molar refractivity (Wildman–Crippen MR) is 88.2 cm³/mol. The summed E-state index contributed by atoms with van der Waals surface area (Å²) >= 11 is 7.98. The van der Waals surface area contributed by atoms with Crippen molar-refractivity contribution >= 4 is 23.4 Å². The number of halogens is 1. The van der Waals surface area contributed by atoms with Crippen molar-refractivity contribution in [1.82, 2.24) is 14.8 Å². The molecule has 0 spiro atoms. The van der Waals surface area contributed by atoms with Crippen molar-refractivity contribution < 1.29 is 0 Å². The topological polar surface area (TPSA) is 30.7 Å². The fourth-order valence-corrected chi connectivity index (χ4v) is 3.02. The van der Waals surface area contributed by atoms with E-state index in [2.05, 4.69) is 21.7 Å². The van der Waals surface area contributed by atoms with Gasteiger partial charge in [-0.3, -0.25) is 4.57 Å². The highest BCUT2D eigenvalue weighted by molar-refractivity contribution is 7.99. The predicted octanol–water partition coefficient (Wildman–Crippen LogP) is 4.70. The molecule has 0 saturated heterocycles. The molecule has 0 bridgehead atoms. The number of hydrogen-bond donors (Lipinski definition) is 0. The molecule has 0 aliphatic rings. The minimum Gasteiger partial charge on any atom is -0.270 e. The summed E-state index contributed by atoms with van der Waals surface area (Å²) < 4.78 is 2.05. The van der Waals surface area contributed by atoms with E-state index in [4.69, 9.17) is 11.6 Å². The van der Waals surface area contributed by atoms with E-state index in [1.807, 2.05) is 54.6 Å². The quantitative estimate of drug-likeness (QED) is 0.654. The minimum absolute atomic E-state index is 0.676. The monoisotopic (exact) mass is 315 g/mol. The van der Waals surface area contributed by atoms with Crippen molar-refractivity contribution in [3.63, 3.8) is 0 Å². The Bertz CT molecular complexity index is 740. The average Bonchev–Trinajstić information content (AvgIpc) is 2.92. The van der Waals surface area contributed by atoms with Crippen molar-refractivity contribution in [3.05, 3.63) is 59.6 Å². The maximum absolute atomic E-state index is 6.32. The van der Waals surface area contributed by atoms with Gasteiger partial charge in [-0.05, 0) is 30.0 Å². The van der Waals surface area contributed by atoms with Gasteiger partial charge in [0.05, 0.1) is 5.02 Å². The molecule has 3 aromatic rings. The first-order valence-corrected chi connectivity index (χ1v) is 8.06. The van der Waals surface area contributed by atoms with Crippen molar-refractivity contribution in [2.75, 3.05) is 5.75 Å². The summed E-state index contributed by atoms with van der Waals surface area (Å²) in [5.74, 6) is 1.70. The lowest BCUT2D eigenvalue weighted by Crippen LogP contribution is -1.99. The van der Waals surface area contributed by atoms with Crippen LogP contribution in [0.2, 0.25) is 5.02 Å². The van der Waals surface area contributed by atoms with Crippen molar-refractivity contribution in [1.29, 1.82) is 0 Å². The molecule has 2 aromatic carbocycles. The largest absolute Gasteiger partial charge is 0.270 e. The molecule has 21 heavy (non-hydrogen) atoms. The third-order valence-corrected chi connectivity index (χ3v) is 4.18. The molecule has 3 nitrogen and oxygen atoms in total. The first kappa shape index (κ1) is 14.2. The highest BCUT2D eigenvalue weighted by Crippen LogP contribution is 2.31. The second kappa shape index (κ2) is 6.33. The van der Waals surface area contributed by atoms with Gasteiger partial charge in [0.15, 0.2) is 11.0 Å². The van der Waals surface area contributed by atoms with Crippen LogP contribution in [0.25, 0.3) is 17.1 Å². The molecule has 0 fully saturated rings. The Hall–Kier alpha value is -1.78. The summed E-state index contributed by atoms with van der Waals surface area (Å²) in [7, 11) is 0. The lowest BCUT2D eigenvalue weighted by molar-refractivity contribution is 0.887. The van der Waals surface area contributed by atoms with E-state index >= 15 is 0 Å². The van der Waals surface area contributed by atoms with E-state index in [0.29, 0.717) is 5.02 Å². The minimum atomic E-state index is 0.676. The van der Waals surface area contributed by atoms with Crippen molar-refractivity contribution in [3.8, 4) is 17.1 Å². The van der Waals surface area contributed by atoms with Crippen LogP contribution in [0.5, 0.6) is 0 Å². The Morgan fingerprint density at radius 1 is 1.00 bits per heavy atom. The Morgan fingerprint density at radius 2 is 1.71 bits per heavy atom. The lowest BCUT2D eigenvalue weighted by atomic mass is 10.2. The molecule has 0 atom stereocenters. The van der Waals surface area contributed by atoms with Gasteiger partial charge in [0, 0.05) is 11.3 Å². The number of para-hydroxylation sites is 1. The van der Waals surface area contributed by atoms with Crippen molar-refractivity contribution in [2.24, 2.45) is 0 Å². The summed E-state index contributed by atoms with van der Waals surface area (Å²) in [6.45, 7) is 2.10. The number of aromatic nitrogens is 3. The molecule has 0 aliphatic carbocycles. The highest BCUT2D eigenvalue weighted by Gasteiger charge is 2.17. The Morgan fingerprint density at radius 3 is 2.43 bits per heavy atom. The van der Waals surface area contributed by atoms with Crippen LogP contribution in [0.15, 0.2) is 59.8 Å². The molecular formula is C16H14ClN3S. The van der Waals surface area contributed by atoms with E-state index in [0.717, 1.165) is 28.0 Å². The molecule has 0 saturated carbocycles. The van der Waals surface area contributed by atoms with Gasteiger partial charge in [-0.25, -0.2) is 0 Å². The van der Waals surface area contributed by atoms with E-state index in [1.54, 1.807) is 11.8 Å². The molecule has 5 heteroatoms. The summed E-state index contributed by atoms with van der Waals surface area (Å²) in [6, 6.07) is 17.8. The zero-order valence-corrected chi connectivity index (χ0v) is 13.1. The van der Waals surface area contributed by atoms with Gasteiger partial charge in [-0.15, -0.1) is 10.2 Å². The molecule has 0 unspecified atom stereocenters. The normalized spacial score (nSPS) is 10.8. The molecule has 3 rings (SSSR count). The molecule has 1 aromatic heterocycles. The summed E-state index contributed by atoms with van der Waals surface area (Å²) in [5.41, 5.74) is 1.92. The summed E-state index contributed by atoms with van der Waals surface area (Å²) in [6.07, 6.45) is 0. The number of rotatable bonds is 4. The van der Waals surface area contributed by atoms with Crippen LogP contribution in [-0.4, -0.2) is 20.5 Å². The van der Waals surface area contributed by atoms with Gasteiger partial charge >= 0.3 is 0 Å². The molecule has 1 heterocycles. The van der Waals surface area contributed by atoms with Crippen LogP contribution >= 0.6 is 23.4 Å². The number of benzene rings is 2. The van der Waals surface area contributed by atoms with Gasteiger partial charge in [-0.2, -0.15) is 0 Å². The molecular weight excluding hydrogens is 302 g/mol. The zero-order chi connectivity index (χ0) is 14.7. The molecule has 0 radical (unpaired) electrons. The van der Waals surface area contributed by atoms with E-state index < -0.39 is 0 Å². The van der Waals surface area contributed by atoms with Crippen LogP contribution in [0.4, 0.5) is 0 Å². The smallest absolute Gasteiger partial charge is 0.196 e. The van der Waals surface area contributed by atoms with Crippen LogP contribution < -0.4 is 0 Å². The van der Waals surface area contributed by atoms with Crippen LogP contribution in [-0.2, 0) is 0 Å². The van der Waals surface area contributed by atoms with Crippen molar-refractivity contribution in [2.45, 2.75) is 12.1 Å². The first-order chi connectivity index (χ1) is 10.3. The fraction of sp³-hybridized carbons (Fsp3) is 0.125. The maximum atomic E-state index is 6.32. The molecule has 0 aliphatic heterocycles. The second-order valence-corrected chi connectivity index (χ2v) is 6.03. The van der Waals surface area contributed by atoms with Gasteiger partial charge in [0.2, 0.25) is 0 Å². The van der Waals surface area contributed by atoms with Gasteiger partial charge in [0.25, 0.3) is 0 Å². The summed E-state index contributed by atoms with van der Waals surface area (Å²) in [4.78, 5) is 0. The third kappa shape index (κ3) is 2.82. The highest BCUT2D eigenvalue weighted by atomic mass is 35.5. The standard InChI is InChI=1S/C16H14ClN3S/c1-2-21-16-19-18-15(13-10-6-7-11-14(13)17)20(16)12-8-4-3-5-9-12/h3-11H,2H2,1H3. The Kier molecular flexibility index (Phi) is 4.27. The zero-order valence-electron chi connectivity index (χ0n) is 11.5. The Labute approximate surface area is 133 Å². The van der Waals surface area contributed by atoms with Crippen LogP contribution in [0.1, 0.15) is 6.92 Å². The first-order valence-electron chi connectivity index (χ1n) is 6.69. The average molecular weight is 316 g/mol. The second-order valence-electron chi connectivity index (χ2n) is 4.39. The van der Waals surface area contributed by atoms with Crippen LogP contribution in [0.3, 0.4) is 0 Å². The van der Waals surface area contributed by atoms with Gasteiger partial charge in [0.1, 0.15) is 0 Å². The molecule has 0 amide bonds. The summed E-state index contributed by atoms with van der Waals surface area (Å²) in [5, 5.41) is 10.2. The van der Waals surface area contributed by atoms with Crippen LogP contribution in [0, 0.1) is 0 Å². The van der Waals surface area contributed by atoms with E-state index in [1.165, 1.54) is 0 Å². The SMILES string of the molecule is CCSc1nnc(-c2ccccc2Cl)n1-c1ccccc1.